The molecule has 28 heavy (non-hydrogen) atoms. The molecule has 0 fully saturated rings. The maximum atomic E-state index is 12.9. The van der Waals surface area contributed by atoms with Crippen molar-refractivity contribution in [3.63, 3.8) is 0 Å². The number of hydrogen-bond donors (Lipinski definition) is 0. The summed E-state index contributed by atoms with van der Waals surface area (Å²) in [5.41, 5.74) is 1.52. The van der Waals surface area contributed by atoms with Gasteiger partial charge in [-0.3, -0.25) is 0 Å². The summed E-state index contributed by atoms with van der Waals surface area (Å²) in [4.78, 5) is 0. The van der Waals surface area contributed by atoms with Crippen molar-refractivity contribution < 1.29 is 13.2 Å². The minimum absolute atomic E-state index is 0.0812. The number of hydrogen-bond acceptors (Lipinski definition) is 2. The lowest BCUT2D eigenvalue weighted by molar-refractivity contribution is -0.137. The molecule has 0 saturated carbocycles. The summed E-state index contributed by atoms with van der Waals surface area (Å²) in [6.07, 6.45) is 0.605. The molecule has 2 aromatic rings. The van der Waals surface area contributed by atoms with Gasteiger partial charge in [0.2, 0.25) is 0 Å². The smallest absolute Gasteiger partial charge is 0.236 e. The summed E-state index contributed by atoms with van der Waals surface area (Å²) in [6, 6.07) is 3.55. The molecule has 150 valence electrons. The topological polar surface area (TPSA) is 41.6 Å². The van der Waals surface area contributed by atoms with Gasteiger partial charge in [0.1, 0.15) is 11.8 Å². The Morgan fingerprint density at radius 1 is 1.18 bits per heavy atom. The number of aromatic nitrogens is 2. The van der Waals surface area contributed by atoms with Gasteiger partial charge in [0, 0.05) is 11.8 Å². The zero-order valence-corrected chi connectivity index (χ0v) is 17.6. The van der Waals surface area contributed by atoms with Gasteiger partial charge in [0.05, 0.1) is 15.6 Å². The van der Waals surface area contributed by atoms with Crippen LogP contribution in [-0.4, -0.2) is 9.78 Å². The van der Waals surface area contributed by atoms with Crippen LogP contribution in [0.3, 0.4) is 0 Å². The molecule has 1 aromatic heterocycles. The summed E-state index contributed by atoms with van der Waals surface area (Å²) in [7, 11) is 0. The van der Waals surface area contributed by atoms with Gasteiger partial charge in [-0.1, -0.05) is 54.8 Å². The molecule has 0 unspecified atom stereocenters. The second-order valence-corrected chi connectivity index (χ2v) is 6.46. The predicted molar refractivity (Wildman–Crippen MR) is 108 cm³/mol. The molecule has 2 rings (SSSR count). The Labute approximate surface area is 172 Å². The largest absolute Gasteiger partial charge is 0.416 e. The van der Waals surface area contributed by atoms with Crippen molar-refractivity contribution in [3.8, 4) is 11.8 Å². The van der Waals surface area contributed by atoms with E-state index >= 15 is 0 Å². The SMILES string of the molecule is C/C=C\C(=C(C)C)c1cn(-c2c(Cl)cc(C(F)(F)F)cc2Cl)nc1C#N.CC. The molecule has 0 bridgehead atoms. The molecule has 0 aliphatic rings. The first-order chi connectivity index (χ1) is 13.1. The molecule has 0 spiro atoms. The Bertz CT molecular complexity index is 922. The second kappa shape index (κ2) is 9.81. The van der Waals surface area contributed by atoms with Gasteiger partial charge in [-0.2, -0.15) is 23.5 Å². The Hall–Kier alpha value is -2.23. The van der Waals surface area contributed by atoms with Gasteiger partial charge in [0.25, 0.3) is 0 Å². The third-order valence-corrected chi connectivity index (χ3v) is 4.13. The van der Waals surface area contributed by atoms with Crippen molar-refractivity contribution in [2.75, 3.05) is 0 Å². The molecule has 0 N–H and O–H groups in total. The van der Waals surface area contributed by atoms with E-state index in [0.717, 1.165) is 23.3 Å². The molecule has 0 amide bonds. The number of nitrogens with zero attached hydrogens (tertiary/aromatic N) is 3. The quantitative estimate of drug-likeness (QED) is 0.474. The van der Waals surface area contributed by atoms with E-state index in [1.54, 1.807) is 0 Å². The molecule has 3 nitrogen and oxygen atoms in total. The number of rotatable bonds is 3. The van der Waals surface area contributed by atoms with E-state index in [4.69, 9.17) is 23.2 Å². The average Bonchev–Trinajstić information content (AvgIpc) is 3.03. The van der Waals surface area contributed by atoms with Gasteiger partial charge in [-0.15, -0.1) is 0 Å². The zero-order valence-electron chi connectivity index (χ0n) is 16.1. The molecule has 0 saturated heterocycles. The highest BCUT2D eigenvalue weighted by Crippen LogP contribution is 2.38. The Morgan fingerprint density at radius 3 is 2.11 bits per heavy atom. The van der Waals surface area contributed by atoms with Crippen LogP contribution in [-0.2, 0) is 6.18 Å². The number of benzene rings is 1. The van der Waals surface area contributed by atoms with E-state index in [9.17, 15) is 18.4 Å². The molecular formula is C20H20Cl2F3N3. The maximum Gasteiger partial charge on any atom is 0.416 e. The fourth-order valence-corrected chi connectivity index (χ4v) is 3.07. The first-order valence-electron chi connectivity index (χ1n) is 8.47. The van der Waals surface area contributed by atoms with Crippen LogP contribution in [0.2, 0.25) is 10.0 Å². The monoisotopic (exact) mass is 429 g/mol. The van der Waals surface area contributed by atoms with Crippen LogP contribution >= 0.6 is 23.2 Å². The number of halogens is 5. The van der Waals surface area contributed by atoms with Crippen LogP contribution in [0.25, 0.3) is 11.3 Å². The maximum absolute atomic E-state index is 12.9. The van der Waals surface area contributed by atoms with Crippen LogP contribution in [0.4, 0.5) is 13.2 Å². The Morgan fingerprint density at radius 2 is 1.71 bits per heavy atom. The first kappa shape index (κ1) is 23.8. The lowest BCUT2D eigenvalue weighted by atomic mass is 10.0. The van der Waals surface area contributed by atoms with E-state index < -0.39 is 11.7 Å². The van der Waals surface area contributed by atoms with E-state index in [1.807, 2.05) is 52.8 Å². The average molecular weight is 430 g/mol. The van der Waals surface area contributed by atoms with Crippen LogP contribution < -0.4 is 0 Å². The lowest BCUT2D eigenvalue weighted by Crippen LogP contribution is -2.07. The van der Waals surface area contributed by atoms with E-state index in [1.165, 1.54) is 10.9 Å². The van der Waals surface area contributed by atoms with Gasteiger partial charge >= 0.3 is 6.18 Å². The minimum atomic E-state index is -4.57. The van der Waals surface area contributed by atoms with E-state index in [0.29, 0.717) is 5.56 Å². The van der Waals surface area contributed by atoms with Gasteiger partial charge < -0.3 is 0 Å². The molecule has 8 heteroatoms. The Balaban J connectivity index is 0.00000190. The third kappa shape index (κ3) is 5.18. The summed E-state index contributed by atoms with van der Waals surface area (Å²) >= 11 is 12.1. The van der Waals surface area contributed by atoms with Crippen LogP contribution in [0, 0.1) is 11.3 Å². The van der Waals surface area contributed by atoms with Crippen LogP contribution in [0.5, 0.6) is 0 Å². The van der Waals surface area contributed by atoms with Crippen molar-refractivity contribution in [2.45, 2.75) is 40.8 Å². The minimum Gasteiger partial charge on any atom is -0.236 e. The molecule has 0 aliphatic heterocycles. The number of alkyl halides is 3. The molecule has 0 radical (unpaired) electrons. The van der Waals surface area contributed by atoms with Gasteiger partial charge in [0.15, 0.2) is 5.69 Å². The molecule has 0 atom stereocenters. The van der Waals surface area contributed by atoms with Gasteiger partial charge in [-0.25, -0.2) is 4.68 Å². The van der Waals surface area contributed by atoms with Crippen LogP contribution in [0.15, 0.2) is 36.1 Å². The fraction of sp³-hybridized carbons (Fsp3) is 0.300. The molecule has 0 aliphatic carbocycles. The summed E-state index contributed by atoms with van der Waals surface area (Å²) in [6.45, 7) is 9.60. The third-order valence-electron chi connectivity index (χ3n) is 3.56. The van der Waals surface area contributed by atoms with Gasteiger partial charge in [-0.05, 0) is 38.5 Å². The second-order valence-electron chi connectivity index (χ2n) is 5.65. The standard InChI is InChI=1S/C18H14Cl2F3N3.C2H6/c1-4-5-12(10(2)3)13-9-26(25-16(13)8-24)17-14(19)6-11(7-15(17)20)18(21,22)23;1-2/h4-7,9H,1-3H3;1-2H3/b5-4-;. The molecular weight excluding hydrogens is 410 g/mol. The highest BCUT2D eigenvalue weighted by Gasteiger charge is 2.32. The van der Waals surface area contributed by atoms with Crippen molar-refractivity contribution in [3.05, 3.63) is 62.9 Å². The summed E-state index contributed by atoms with van der Waals surface area (Å²) < 4.78 is 39.9. The number of nitriles is 1. The molecule has 1 heterocycles. The summed E-state index contributed by atoms with van der Waals surface area (Å²) in [5, 5.41) is 13.1. The highest BCUT2D eigenvalue weighted by atomic mass is 35.5. The Kier molecular flexibility index (Phi) is 8.34. The predicted octanol–water partition coefficient (Wildman–Crippen LogP) is 7.47. The molecule has 1 aromatic carbocycles. The van der Waals surface area contributed by atoms with Crippen LogP contribution in [0.1, 0.15) is 51.4 Å². The summed E-state index contributed by atoms with van der Waals surface area (Å²) in [5.74, 6) is 0. The lowest BCUT2D eigenvalue weighted by Gasteiger charge is -2.12. The van der Waals surface area contributed by atoms with E-state index in [-0.39, 0.29) is 21.4 Å². The van der Waals surface area contributed by atoms with Crippen molar-refractivity contribution in [2.24, 2.45) is 0 Å². The highest BCUT2D eigenvalue weighted by molar-refractivity contribution is 6.37. The first-order valence-corrected chi connectivity index (χ1v) is 9.22. The normalized spacial score (nSPS) is 11.0. The number of allylic oxidation sites excluding steroid dienone is 4. The van der Waals surface area contributed by atoms with Crippen molar-refractivity contribution >= 4 is 28.8 Å². The van der Waals surface area contributed by atoms with Crippen molar-refractivity contribution in [1.29, 1.82) is 5.26 Å². The fourth-order valence-electron chi connectivity index (χ4n) is 2.41. The van der Waals surface area contributed by atoms with E-state index in [2.05, 4.69) is 5.10 Å². The zero-order chi connectivity index (χ0) is 21.6. The van der Waals surface area contributed by atoms with Crippen molar-refractivity contribution in [1.82, 2.24) is 9.78 Å².